The van der Waals surface area contributed by atoms with E-state index in [1.54, 1.807) is 4.68 Å². The van der Waals surface area contributed by atoms with Crippen LogP contribution in [0.25, 0.3) is 11.1 Å². The summed E-state index contributed by atoms with van der Waals surface area (Å²) < 4.78 is 12.4. The first-order valence-electron chi connectivity index (χ1n) is 7.65. The molecular formula is C15H17N5O3S. The number of para-hydroxylation sites is 2. The number of nitrogens with zero attached hydrogens (tertiary/aromatic N) is 5. The average Bonchev–Trinajstić information content (AvgIpc) is 3.22. The first kappa shape index (κ1) is 16.4. The molecule has 24 heavy (non-hydrogen) atoms. The zero-order chi connectivity index (χ0) is 16.8. The Labute approximate surface area is 142 Å². The number of aryl methyl sites for hydroxylation is 1. The van der Waals surface area contributed by atoms with Gasteiger partial charge in [-0.1, -0.05) is 37.2 Å². The van der Waals surface area contributed by atoms with E-state index in [0.29, 0.717) is 23.2 Å². The Morgan fingerprint density at radius 3 is 3.08 bits per heavy atom. The molecule has 1 aromatic carbocycles. The van der Waals surface area contributed by atoms with Crippen molar-refractivity contribution in [3.63, 3.8) is 0 Å². The van der Waals surface area contributed by atoms with Gasteiger partial charge in [-0.2, -0.15) is 0 Å². The molecule has 0 fully saturated rings. The maximum Gasteiger partial charge on any atom is 0.316 e. The summed E-state index contributed by atoms with van der Waals surface area (Å²) in [5, 5.41) is 11.8. The van der Waals surface area contributed by atoms with Crippen molar-refractivity contribution in [2.45, 2.75) is 38.1 Å². The Morgan fingerprint density at radius 1 is 1.38 bits per heavy atom. The molecule has 0 amide bonds. The predicted octanol–water partition coefficient (Wildman–Crippen LogP) is 2.45. The van der Waals surface area contributed by atoms with E-state index < -0.39 is 0 Å². The van der Waals surface area contributed by atoms with Gasteiger partial charge >= 0.3 is 5.97 Å². The molecule has 0 aliphatic heterocycles. The van der Waals surface area contributed by atoms with E-state index in [0.717, 1.165) is 18.4 Å². The first-order valence-corrected chi connectivity index (χ1v) is 8.64. The van der Waals surface area contributed by atoms with Crippen molar-refractivity contribution in [3.8, 4) is 0 Å². The molecule has 126 valence electrons. The maximum atomic E-state index is 11.9. The van der Waals surface area contributed by atoms with Crippen molar-refractivity contribution in [2.75, 3.05) is 5.75 Å². The van der Waals surface area contributed by atoms with Crippen LogP contribution in [-0.4, -0.2) is 36.9 Å². The van der Waals surface area contributed by atoms with Crippen LogP contribution in [-0.2, 0) is 22.7 Å². The SMILES string of the molecule is CCCCn1nnnc1COC(=O)CSc1nc2ccccc2o1. The Balaban J connectivity index is 1.48. The van der Waals surface area contributed by atoms with Crippen molar-refractivity contribution in [3.05, 3.63) is 30.1 Å². The van der Waals surface area contributed by atoms with Crippen molar-refractivity contribution >= 4 is 28.8 Å². The lowest BCUT2D eigenvalue weighted by atomic mass is 10.3. The second kappa shape index (κ2) is 7.91. The minimum atomic E-state index is -0.368. The highest BCUT2D eigenvalue weighted by Crippen LogP contribution is 2.23. The summed E-state index contributed by atoms with van der Waals surface area (Å²) in [4.78, 5) is 16.2. The van der Waals surface area contributed by atoms with Gasteiger partial charge in [-0.25, -0.2) is 9.67 Å². The molecule has 0 aliphatic carbocycles. The molecule has 2 heterocycles. The van der Waals surface area contributed by atoms with Gasteiger partial charge in [-0.15, -0.1) is 5.10 Å². The lowest BCUT2D eigenvalue weighted by Gasteiger charge is -2.04. The zero-order valence-corrected chi connectivity index (χ0v) is 14.0. The second-order valence-corrected chi connectivity index (χ2v) is 6.00. The van der Waals surface area contributed by atoms with Crippen molar-refractivity contribution in [1.82, 2.24) is 25.2 Å². The second-order valence-electron chi connectivity index (χ2n) is 5.07. The van der Waals surface area contributed by atoms with Crippen molar-refractivity contribution < 1.29 is 13.9 Å². The van der Waals surface area contributed by atoms with Crippen molar-refractivity contribution in [1.29, 1.82) is 0 Å². The van der Waals surface area contributed by atoms with E-state index in [9.17, 15) is 4.79 Å². The van der Waals surface area contributed by atoms with E-state index in [-0.39, 0.29) is 18.3 Å². The number of ether oxygens (including phenoxy) is 1. The third kappa shape index (κ3) is 4.10. The van der Waals surface area contributed by atoms with Gasteiger partial charge in [0.25, 0.3) is 5.22 Å². The Morgan fingerprint density at radius 2 is 2.25 bits per heavy atom. The molecule has 0 saturated heterocycles. The highest BCUT2D eigenvalue weighted by Gasteiger charge is 2.12. The van der Waals surface area contributed by atoms with Crippen LogP contribution in [0.2, 0.25) is 0 Å². The number of carbonyl (C=O) groups is 1. The quantitative estimate of drug-likeness (QED) is 0.453. The molecule has 0 radical (unpaired) electrons. The summed E-state index contributed by atoms with van der Waals surface area (Å²) in [6.07, 6.45) is 2.01. The number of hydrogen-bond donors (Lipinski definition) is 0. The number of oxazole rings is 1. The molecule has 3 rings (SSSR count). The number of rotatable bonds is 8. The Hall–Kier alpha value is -2.42. The lowest BCUT2D eigenvalue weighted by Crippen LogP contribution is -2.12. The molecule has 0 atom stereocenters. The maximum absolute atomic E-state index is 11.9. The number of tetrazole rings is 1. The molecule has 0 saturated carbocycles. The van der Waals surface area contributed by atoms with Gasteiger partial charge in [0.2, 0.25) is 0 Å². The molecule has 8 nitrogen and oxygen atoms in total. The molecular weight excluding hydrogens is 330 g/mol. The topological polar surface area (TPSA) is 95.9 Å². The highest BCUT2D eigenvalue weighted by molar-refractivity contribution is 7.99. The summed E-state index contributed by atoms with van der Waals surface area (Å²) in [6, 6.07) is 7.45. The number of benzene rings is 1. The average molecular weight is 347 g/mol. The fourth-order valence-corrected chi connectivity index (χ4v) is 2.66. The predicted molar refractivity (Wildman–Crippen MR) is 87.3 cm³/mol. The molecule has 2 aromatic heterocycles. The van der Waals surface area contributed by atoms with Gasteiger partial charge in [-0.3, -0.25) is 4.79 Å². The number of aromatic nitrogens is 5. The normalized spacial score (nSPS) is 11.0. The molecule has 0 bridgehead atoms. The van der Waals surface area contributed by atoms with Crippen LogP contribution in [0.3, 0.4) is 0 Å². The third-order valence-electron chi connectivity index (χ3n) is 3.28. The van der Waals surface area contributed by atoms with Crippen molar-refractivity contribution in [2.24, 2.45) is 0 Å². The van der Waals surface area contributed by atoms with Gasteiger partial charge in [0.05, 0.1) is 0 Å². The van der Waals surface area contributed by atoms with Crippen LogP contribution in [0.15, 0.2) is 33.9 Å². The number of esters is 1. The smallest absolute Gasteiger partial charge is 0.316 e. The standard InChI is InChI=1S/C15H17N5O3S/c1-2-3-8-20-13(17-18-19-20)9-22-14(21)10-24-15-16-11-6-4-5-7-12(11)23-15/h4-7H,2-3,8-10H2,1H3. The zero-order valence-electron chi connectivity index (χ0n) is 13.2. The Bertz CT molecular complexity index is 783. The molecule has 0 unspecified atom stereocenters. The first-order chi connectivity index (χ1) is 11.8. The molecule has 9 heteroatoms. The minimum Gasteiger partial charge on any atom is -0.457 e. The van der Waals surface area contributed by atoms with E-state index in [2.05, 4.69) is 27.4 Å². The summed E-state index contributed by atoms with van der Waals surface area (Å²) >= 11 is 1.20. The summed E-state index contributed by atoms with van der Waals surface area (Å²) in [6.45, 7) is 2.87. The molecule has 3 aromatic rings. The Kier molecular flexibility index (Phi) is 5.42. The molecule has 0 N–H and O–H groups in total. The van der Waals surface area contributed by atoms with Crippen LogP contribution in [0.1, 0.15) is 25.6 Å². The molecule has 0 spiro atoms. The largest absolute Gasteiger partial charge is 0.457 e. The summed E-state index contributed by atoms with van der Waals surface area (Å²) in [7, 11) is 0. The lowest BCUT2D eigenvalue weighted by molar-refractivity contribution is -0.142. The van der Waals surface area contributed by atoms with Crippen LogP contribution in [0.4, 0.5) is 0 Å². The number of hydrogen-bond acceptors (Lipinski definition) is 8. The van der Waals surface area contributed by atoms with E-state index in [1.807, 2.05) is 24.3 Å². The van der Waals surface area contributed by atoms with Gasteiger partial charge < -0.3 is 9.15 Å². The number of fused-ring (bicyclic) bond motifs is 1. The number of unbranched alkanes of at least 4 members (excludes halogenated alkanes) is 1. The van der Waals surface area contributed by atoms with Crippen LogP contribution < -0.4 is 0 Å². The fourth-order valence-electron chi connectivity index (χ4n) is 2.03. The fraction of sp³-hybridized carbons (Fsp3) is 0.400. The van der Waals surface area contributed by atoms with Crippen LogP contribution >= 0.6 is 11.8 Å². The van der Waals surface area contributed by atoms with E-state index in [1.165, 1.54) is 11.8 Å². The third-order valence-corrected chi connectivity index (χ3v) is 4.08. The summed E-state index contributed by atoms with van der Waals surface area (Å²) in [5.74, 6) is 0.291. The van der Waals surface area contributed by atoms with Gasteiger partial charge in [-0.05, 0) is 29.0 Å². The number of thioether (sulfide) groups is 1. The molecule has 0 aliphatic rings. The van der Waals surface area contributed by atoms with E-state index >= 15 is 0 Å². The van der Waals surface area contributed by atoms with Gasteiger partial charge in [0, 0.05) is 6.54 Å². The van der Waals surface area contributed by atoms with Gasteiger partial charge in [0.1, 0.15) is 11.3 Å². The monoisotopic (exact) mass is 347 g/mol. The highest BCUT2D eigenvalue weighted by atomic mass is 32.2. The van der Waals surface area contributed by atoms with Gasteiger partial charge in [0.15, 0.2) is 18.0 Å². The van der Waals surface area contributed by atoms with Crippen LogP contribution in [0.5, 0.6) is 0 Å². The summed E-state index contributed by atoms with van der Waals surface area (Å²) in [5.41, 5.74) is 1.46. The number of carbonyl (C=O) groups excluding carboxylic acids is 1. The van der Waals surface area contributed by atoms with Crippen LogP contribution in [0, 0.1) is 0 Å². The minimum absolute atomic E-state index is 0.0592. The van der Waals surface area contributed by atoms with E-state index in [4.69, 9.17) is 9.15 Å².